The highest BCUT2D eigenvalue weighted by molar-refractivity contribution is 7.14. The average Bonchev–Trinajstić information content (AvgIpc) is 2.74. The Morgan fingerprint density at radius 2 is 2.20 bits per heavy atom. The first-order valence-corrected chi connectivity index (χ1v) is 8.56. The van der Waals surface area contributed by atoms with E-state index >= 15 is 0 Å². The fourth-order valence-corrected chi connectivity index (χ4v) is 3.91. The molecule has 0 saturated heterocycles. The lowest BCUT2D eigenvalue weighted by Crippen LogP contribution is -2.29. The highest BCUT2D eigenvalue weighted by Gasteiger charge is 2.17. The van der Waals surface area contributed by atoms with E-state index in [4.69, 9.17) is 5.11 Å². The van der Waals surface area contributed by atoms with E-state index < -0.39 is 0 Å². The van der Waals surface area contributed by atoms with Crippen molar-refractivity contribution >= 4 is 17.2 Å². The van der Waals surface area contributed by atoms with Crippen molar-refractivity contribution in [3.8, 4) is 0 Å². The minimum Gasteiger partial charge on any atom is -0.396 e. The van der Waals surface area contributed by atoms with E-state index in [0.717, 1.165) is 30.6 Å². The molecule has 1 aromatic heterocycles. The predicted molar refractivity (Wildman–Crippen MR) is 83.4 cm³/mol. The van der Waals surface area contributed by atoms with Gasteiger partial charge in [0.1, 0.15) is 0 Å². The van der Waals surface area contributed by atoms with E-state index in [-0.39, 0.29) is 12.5 Å². The smallest absolute Gasteiger partial charge is 0.261 e. The van der Waals surface area contributed by atoms with Gasteiger partial charge in [-0.3, -0.25) is 4.79 Å². The van der Waals surface area contributed by atoms with Crippen LogP contribution in [0, 0.1) is 5.92 Å². The van der Waals surface area contributed by atoms with Crippen LogP contribution < -0.4 is 5.32 Å². The minimum atomic E-state index is 0.0551. The molecular formula is C16H25NO2S. The molecule has 1 unspecified atom stereocenters. The Hall–Kier alpha value is -0.870. The monoisotopic (exact) mass is 295 g/mol. The number of rotatable bonds is 6. The maximum Gasteiger partial charge on any atom is 0.261 e. The summed E-state index contributed by atoms with van der Waals surface area (Å²) in [6.45, 7) is 2.96. The van der Waals surface area contributed by atoms with Crippen LogP contribution in [0.2, 0.25) is 0 Å². The minimum absolute atomic E-state index is 0.0551. The molecule has 0 spiro atoms. The number of hydrogen-bond donors (Lipinski definition) is 2. The normalized spacial score (nSPS) is 16.3. The molecule has 1 aliphatic rings. The Bertz CT molecular complexity index is 418. The zero-order valence-electron chi connectivity index (χ0n) is 12.3. The number of fused-ring (bicyclic) bond motifs is 1. The number of aliphatic hydroxyl groups excluding tert-OH is 1. The maximum atomic E-state index is 12.2. The van der Waals surface area contributed by atoms with Crippen molar-refractivity contribution in [2.24, 2.45) is 5.92 Å². The number of nitrogens with one attached hydrogen (secondary N) is 1. The van der Waals surface area contributed by atoms with Gasteiger partial charge in [-0.2, -0.15) is 0 Å². The molecule has 0 aliphatic heterocycles. The van der Waals surface area contributed by atoms with Crippen LogP contribution in [0.15, 0.2) is 6.07 Å². The Balaban J connectivity index is 1.92. The van der Waals surface area contributed by atoms with Crippen LogP contribution in [0.4, 0.5) is 0 Å². The van der Waals surface area contributed by atoms with Crippen LogP contribution in [-0.4, -0.2) is 24.2 Å². The Morgan fingerprint density at radius 3 is 2.95 bits per heavy atom. The Kier molecular flexibility index (Phi) is 6.05. The van der Waals surface area contributed by atoms with Gasteiger partial charge in [-0.25, -0.2) is 0 Å². The number of aryl methyl sites for hydroxylation is 2. The molecule has 0 bridgehead atoms. The molecule has 0 radical (unpaired) electrons. The first kappa shape index (κ1) is 15.5. The van der Waals surface area contributed by atoms with Gasteiger partial charge >= 0.3 is 0 Å². The molecule has 1 amide bonds. The van der Waals surface area contributed by atoms with E-state index in [1.165, 1.54) is 29.7 Å². The number of hydrogen-bond acceptors (Lipinski definition) is 3. The molecule has 0 aromatic carbocycles. The van der Waals surface area contributed by atoms with Gasteiger partial charge in [0, 0.05) is 18.0 Å². The zero-order chi connectivity index (χ0) is 14.4. The topological polar surface area (TPSA) is 49.3 Å². The lowest BCUT2D eigenvalue weighted by Gasteiger charge is -2.13. The summed E-state index contributed by atoms with van der Waals surface area (Å²) >= 11 is 1.67. The van der Waals surface area contributed by atoms with Gasteiger partial charge in [0.25, 0.3) is 5.91 Å². The summed E-state index contributed by atoms with van der Waals surface area (Å²) in [5, 5.41) is 12.0. The molecule has 1 aromatic rings. The highest BCUT2D eigenvalue weighted by atomic mass is 32.1. The molecule has 2 N–H and O–H groups in total. The SMILES string of the molecule is CCC(CCO)CNC(=O)c1cc2c(s1)CCCCC2. The molecule has 1 heterocycles. The summed E-state index contributed by atoms with van der Waals surface area (Å²) in [7, 11) is 0. The first-order valence-electron chi connectivity index (χ1n) is 7.75. The van der Waals surface area contributed by atoms with Crippen molar-refractivity contribution in [2.75, 3.05) is 13.2 Å². The Morgan fingerprint density at radius 1 is 1.40 bits per heavy atom. The third-order valence-corrected chi connectivity index (χ3v) is 5.37. The summed E-state index contributed by atoms with van der Waals surface area (Å²) in [5.74, 6) is 0.432. The fraction of sp³-hybridized carbons (Fsp3) is 0.688. The summed E-state index contributed by atoms with van der Waals surface area (Å²) in [6, 6.07) is 2.09. The quantitative estimate of drug-likeness (QED) is 0.792. The number of thiophene rings is 1. The third-order valence-electron chi connectivity index (χ3n) is 4.14. The molecule has 112 valence electrons. The van der Waals surface area contributed by atoms with Crippen molar-refractivity contribution in [1.82, 2.24) is 5.32 Å². The van der Waals surface area contributed by atoms with Crippen LogP contribution in [0.1, 0.15) is 59.1 Å². The van der Waals surface area contributed by atoms with Crippen LogP contribution in [0.3, 0.4) is 0 Å². The maximum absolute atomic E-state index is 12.2. The third kappa shape index (κ3) is 4.06. The van der Waals surface area contributed by atoms with Gasteiger partial charge in [0.05, 0.1) is 4.88 Å². The molecule has 0 fully saturated rings. The molecule has 3 nitrogen and oxygen atoms in total. The van der Waals surface area contributed by atoms with Crippen molar-refractivity contribution in [1.29, 1.82) is 0 Å². The van der Waals surface area contributed by atoms with Gasteiger partial charge < -0.3 is 10.4 Å². The molecule has 1 atom stereocenters. The zero-order valence-corrected chi connectivity index (χ0v) is 13.1. The van der Waals surface area contributed by atoms with E-state index in [0.29, 0.717) is 12.5 Å². The number of aliphatic hydroxyl groups is 1. The van der Waals surface area contributed by atoms with E-state index in [2.05, 4.69) is 18.3 Å². The number of amides is 1. The van der Waals surface area contributed by atoms with E-state index in [1.807, 2.05) is 0 Å². The number of carbonyl (C=O) groups is 1. The second-order valence-corrected chi connectivity index (χ2v) is 6.75. The van der Waals surface area contributed by atoms with Crippen LogP contribution in [0.25, 0.3) is 0 Å². The molecule has 20 heavy (non-hydrogen) atoms. The van der Waals surface area contributed by atoms with Gasteiger partial charge in [-0.15, -0.1) is 11.3 Å². The summed E-state index contributed by atoms with van der Waals surface area (Å²) in [5.41, 5.74) is 1.39. The fourth-order valence-electron chi connectivity index (χ4n) is 2.74. The van der Waals surface area contributed by atoms with Crippen LogP contribution >= 0.6 is 11.3 Å². The molecule has 1 aliphatic carbocycles. The van der Waals surface area contributed by atoms with Crippen LogP contribution in [0.5, 0.6) is 0 Å². The predicted octanol–water partition coefficient (Wildman–Crippen LogP) is 3.16. The molecule has 0 saturated carbocycles. The van der Waals surface area contributed by atoms with Gasteiger partial charge in [-0.05, 0) is 49.7 Å². The molecule has 2 rings (SSSR count). The summed E-state index contributed by atoms with van der Waals surface area (Å²) < 4.78 is 0. The summed E-state index contributed by atoms with van der Waals surface area (Å²) in [4.78, 5) is 14.5. The van der Waals surface area contributed by atoms with Gasteiger partial charge in [0.2, 0.25) is 0 Å². The molecule has 4 heteroatoms. The largest absolute Gasteiger partial charge is 0.396 e. The Labute approximate surface area is 125 Å². The molecular weight excluding hydrogens is 270 g/mol. The summed E-state index contributed by atoms with van der Waals surface area (Å²) in [6.07, 6.45) is 7.82. The van der Waals surface area contributed by atoms with Crippen LogP contribution in [-0.2, 0) is 12.8 Å². The highest BCUT2D eigenvalue weighted by Crippen LogP contribution is 2.28. The second-order valence-electron chi connectivity index (χ2n) is 5.62. The van der Waals surface area contributed by atoms with Gasteiger partial charge in [0.15, 0.2) is 0 Å². The second kappa shape index (κ2) is 7.79. The van der Waals surface area contributed by atoms with Crippen molar-refractivity contribution < 1.29 is 9.90 Å². The van der Waals surface area contributed by atoms with Crippen molar-refractivity contribution in [2.45, 2.75) is 51.9 Å². The van der Waals surface area contributed by atoms with E-state index in [9.17, 15) is 4.79 Å². The lowest BCUT2D eigenvalue weighted by atomic mass is 10.0. The standard InChI is InChI=1S/C16H25NO2S/c1-2-12(8-9-18)11-17-16(19)15-10-13-6-4-3-5-7-14(13)20-15/h10,12,18H,2-9,11H2,1H3,(H,17,19). The first-order chi connectivity index (χ1) is 9.74. The lowest BCUT2D eigenvalue weighted by molar-refractivity contribution is 0.0947. The van der Waals surface area contributed by atoms with Gasteiger partial charge in [-0.1, -0.05) is 19.8 Å². The van der Waals surface area contributed by atoms with Crippen molar-refractivity contribution in [3.05, 3.63) is 21.4 Å². The number of carbonyl (C=O) groups excluding carboxylic acids is 1. The average molecular weight is 295 g/mol. The van der Waals surface area contributed by atoms with Crippen molar-refractivity contribution in [3.63, 3.8) is 0 Å². The van der Waals surface area contributed by atoms with E-state index in [1.54, 1.807) is 11.3 Å².